The van der Waals surface area contributed by atoms with Crippen molar-refractivity contribution in [2.24, 2.45) is 0 Å². The van der Waals surface area contributed by atoms with Crippen molar-refractivity contribution in [1.82, 2.24) is 14.5 Å². The molecule has 0 atom stereocenters. The Morgan fingerprint density at radius 1 is 0.967 bits per heavy atom. The highest BCUT2D eigenvalue weighted by Gasteiger charge is 2.10. The minimum Gasteiger partial charge on any atom is -0.368 e. The highest BCUT2D eigenvalue weighted by Crippen LogP contribution is 2.25. The van der Waals surface area contributed by atoms with Crippen molar-refractivity contribution in [3.8, 4) is 28.6 Å². The molecule has 6 heteroatoms. The molecule has 0 unspecified atom stereocenters. The van der Waals surface area contributed by atoms with Gasteiger partial charge in [-0.05, 0) is 48.4 Å². The Hall–Kier alpha value is -4.24. The largest absolute Gasteiger partial charge is 0.368 e. The smallest absolute Gasteiger partial charge is 0.251 e. The average molecular weight is 393 g/mol. The third-order valence-electron chi connectivity index (χ3n) is 4.73. The summed E-state index contributed by atoms with van der Waals surface area (Å²) < 4.78 is 1.64. The van der Waals surface area contributed by atoms with Gasteiger partial charge in [0.05, 0.1) is 29.6 Å². The SMILES string of the molecule is Cc1cc(C#N)cc(-c2cc(-c3ccn(Cc4ccccc4)c(=O)c3)nc(N)n2)c1. The van der Waals surface area contributed by atoms with Crippen molar-refractivity contribution >= 4 is 5.95 Å². The number of aromatic nitrogens is 3. The fourth-order valence-electron chi connectivity index (χ4n) is 3.34. The number of aryl methyl sites for hydroxylation is 1. The van der Waals surface area contributed by atoms with Crippen LogP contribution in [0, 0.1) is 18.3 Å². The Morgan fingerprint density at radius 3 is 2.40 bits per heavy atom. The van der Waals surface area contributed by atoms with E-state index >= 15 is 0 Å². The summed E-state index contributed by atoms with van der Waals surface area (Å²) >= 11 is 0. The molecule has 0 bridgehead atoms. The van der Waals surface area contributed by atoms with Gasteiger partial charge in [-0.25, -0.2) is 9.97 Å². The van der Waals surface area contributed by atoms with Crippen LogP contribution in [0.3, 0.4) is 0 Å². The van der Waals surface area contributed by atoms with Crippen LogP contribution in [-0.2, 0) is 6.54 Å². The van der Waals surface area contributed by atoms with Crippen LogP contribution in [0.5, 0.6) is 0 Å². The van der Waals surface area contributed by atoms with E-state index in [9.17, 15) is 10.1 Å². The van der Waals surface area contributed by atoms with E-state index in [0.717, 1.165) is 16.7 Å². The van der Waals surface area contributed by atoms with Crippen molar-refractivity contribution in [1.29, 1.82) is 5.26 Å². The molecule has 0 saturated carbocycles. The number of nitrogens with zero attached hydrogens (tertiary/aromatic N) is 4. The first kappa shape index (κ1) is 19.1. The molecule has 4 rings (SSSR count). The predicted molar refractivity (Wildman–Crippen MR) is 117 cm³/mol. The summed E-state index contributed by atoms with van der Waals surface area (Å²) in [6.07, 6.45) is 1.75. The Balaban J connectivity index is 1.71. The lowest BCUT2D eigenvalue weighted by Crippen LogP contribution is -2.19. The third-order valence-corrected chi connectivity index (χ3v) is 4.73. The summed E-state index contributed by atoms with van der Waals surface area (Å²) in [5, 5.41) is 9.24. The molecule has 2 heterocycles. The maximum Gasteiger partial charge on any atom is 0.251 e. The number of nitrogens with two attached hydrogens (primary N) is 1. The number of nitrogen functional groups attached to an aromatic ring is 1. The Kier molecular flexibility index (Phi) is 5.10. The molecule has 4 aromatic rings. The number of anilines is 1. The maximum atomic E-state index is 12.6. The standard InChI is InChI=1S/C24H19N5O/c1-16-9-18(14-25)11-20(10-16)22-13-21(27-24(26)28-22)19-7-8-29(23(30)12-19)15-17-5-3-2-4-6-17/h2-13H,15H2,1H3,(H2,26,27,28). The van der Waals surface area contributed by atoms with Gasteiger partial charge in [0.1, 0.15) is 0 Å². The molecule has 0 saturated heterocycles. The molecule has 146 valence electrons. The van der Waals surface area contributed by atoms with Gasteiger partial charge in [0, 0.05) is 23.4 Å². The van der Waals surface area contributed by atoms with Crippen molar-refractivity contribution in [2.75, 3.05) is 5.73 Å². The number of hydrogen-bond donors (Lipinski definition) is 1. The first-order chi connectivity index (χ1) is 14.5. The fraction of sp³-hybridized carbons (Fsp3) is 0.0833. The van der Waals surface area contributed by atoms with Gasteiger partial charge in [-0.2, -0.15) is 5.26 Å². The van der Waals surface area contributed by atoms with Crippen LogP contribution in [0.4, 0.5) is 5.95 Å². The van der Waals surface area contributed by atoms with Crippen LogP contribution < -0.4 is 11.3 Å². The van der Waals surface area contributed by atoms with E-state index in [1.807, 2.05) is 49.4 Å². The monoisotopic (exact) mass is 393 g/mol. The van der Waals surface area contributed by atoms with Crippen LogP contribution in [0.25, 0.3) is 22.5 Å². The van der Waals surface area contributed by atoms with Crippen molar-refractivity contribution in [2.45, 2.75) is 13.5 Å². The van der Waals surface area contributed by atoms with Crippen LogP contribution in [0.1, 0.15) is 16.7 Å². The molecule has 2 N–H and O–H groups in total. The van der Waals surface area contributed by atoms with E-state index in [1.165, 1.54) is 0 Å². The Bertz CT molecular complexity index is 1320. The summed E-state index contributed by atoms with van der Waals surface area (Å²) in [6, 6.07) is 22.6. The van der Waals surface area contributed by atoms with Gasteiger partial charge in [0.2, 0.25) is 5.95 Å². The molecule has 0 aliphatic rings. The molecule has 0 radical (unpaired) electrons. The van der Waals surface area contributed by atoms with Crippen LogP contribution in [0.2, 0.25) is 0 Å². The molecule has 0 aliphatic carbocycles. The second-order valence-corrected chi connectivity index (χ2v) is 7.06. The molecule has 0 aliphatic heterocycles. The summed E-state index contributed by atoms with van der Waals surface area (Å²) in [5.74, 6) is 0.107. The number of nitriles is 1. The van der Waals surface area contributed by atoms with E-state index in [1.54, 1.807) is 35.0 Å². The molecule has 0 fully saturated rings. The highest BCUT2D eigenvalue weighted by atomic mass is 16.1. The van der Waals surface area contributed by atoms with E-state index in [2.05, 4.69) is 16.0 Å². The molecule has 0 spiro atoms. The molecule has 2 aromatic carbocycles. The number of rotatable bonds is 4. The van der Waals surface area contributed by atoms with Crippen molar-refractivity contribution in [3.05, 3.63) is 100.0 Å². The van der Waals surface area contributed by atoms with Gasteiger partial charge < -0.3 is 10.3 Å². The normalized spacial score (nSPS) is 10.5. The third kappa shape index (κ3) is 4.10. The van der Waals surface area contributed by atoms with Crippen molar-refractivity contribution < 1.29 is 0 Å². The van der Waals surface area contributed by atoms with Gasteiger partial charge in [-0.3, -0.25) is 4.79 Å². The fourth-order valence-corrected chi connectivity index (χ4v) is 3.34. The second kappa shape index (κ2) is 8.02. The lowest BCUT2D eigenvalue weighted by molar-refractivity contribution is 0.760. The zero-order valence-corrected chi connectivity index (χ0v) is 16.4. The molecule has 30 heavy (non-hydrogen) atoms. The molecular weight excluding hydrogens is 374 g/mol. The van der Waals surface area contributed by atoms with Crippen LogP contribution in [-0.4, -0.2) is 14.5 Å². The summed E-state index contributed by atoms with van der Waals surface area (Å²) in [6.45, 7) is 2.42. The molecular formula is C24H19N5O. The summed E-state index contributed by atoms with van der Waals surface area (Å²) in [4.78, 5) is 21.3. The first-order valence-electron chi connectivity index (χ1n) is 9.43. The summed E-state index contributed by atoms with van der Waals surface area (Å²) in [5.41, 5.74) is 11.0. The van der Waals surface area contributed by atoms with Gasteiger partial charge in [-0.1, -0.05) is 30.3 Å². The summed E-state index contributed by atoms with van der Waals surface area (Å²) in [7, 11) is 0. The topological polar surface area (TPSA) is 97.6 Å². The average Bonchev–Trinajstić information content (AvgIpc) is 2.75. The van der Waals surface area contributed by atoms with Gasteiger partial charge in [0.15, 0.2) is 0 Å². The second-order valence-electron chi connectivity index (χ2n) is 7.06. The first-order valence-corrected chi connectivity index (χ1v) is 9.43. The van der Waals surface area contributed by atoms with Crippen LogP contribution in [0.15, 0.2) is 77.7 Å². The van der Waals surface area contributed by atoms with E-state index < -0.39 is 0 Å². The Labute approximate surface area is 173 Å². The zero-order chi connectivity index (χ0) is 21.1. The van der Waals surface area contributed by atoms with Crippen LogP contribution >= 0.6 is 0 Å². The van der Waals surface area contributed by atoms with Gasteiger partial charge >= 0.3 is 0 Å². The lowest BCUT2D eigenvalue weighted by atomic mass is 10.0. The molecule has 2 aromatic heterocycles. The van der Waals surface area contributed by atoms with E-state index in [0.29, 0.717) is 29.1 Å². The van der Waals surface area contributed by atoms with Gasteiger partial charge in [0.25, 0.3) is 5.56 Å². The van der Waals surface area contributed by atoms with Crippen molar-refractivity contribution in [3.63, 3.8) is 0 Å². The van der Waals surface area contributed by atoms with E-state index in [4.69, 9.17) is 5.73 Å². The maximum absolute atomic E-state index is 12.6. The van der Waals surface area contributed by atoms with E-state index in [-0.39, 0.29) is 11.5 Å². The van der Waals surface area contributed by atoms with Gasteiger partial charge in [-0.15, -0.1) is 0 Å². The molecule has 6 nitrogen and oxygen atoms in total. The lowest BCUT2D eigenvalue weighted by Gasteiger charge is -2.09. The zero-order valence-electron chi connectivity index (χ0n) is 16.4. The minimum absolute atomic E-state index is 0.107. The quantitative estimate of drug-likeness (QED) is 0.569. The number of pyridine rings is 1. The predicted octanol–water partition coefficient (Wildman–Crippen LogP) is 3.78. The molecule has 0 amide bonds. The Morgan fingerprint density at radius 2 is 1.70 bits per heavy atom. The highest BCUT2D eigenvalue weighted by molar-refractivity contribution is 5.70. The minimum atomic E-state index is -0.127. The number of benzene rings is 2. The number of hydrogen-bond acceptors (Lipinski definition) is 5.